The number of fused-ring (bicyclic) bond motifs is 3. The maximum absolute atomic E-state index is 11.3. The molecule has 3 heteroatoms. The lowest BCUT2D eigenvalue weighted by atomic mass is 9.87. The largest absolute Gasteiger partial charge is 0.446 e. The third-order valence-electron chi connectivity index (χ3n) is 3.31. The summed E-state index contributed by atoms with van der Waals surface area (Å²) in [5, 5.41) is 0. The molecule has 3 heterocycles. The molecule has 3 aliphatic rings. The van der Waals surface area contributed by atoms with Gasteiger partial charge in [0, 0.05) is 25.9 Å². The predicted octanol–water partition coefficient (Wildman–Crippen LogP) is 1.77. The topological polar surface area (TPSA) is 29.5 Å². The molecular formula is C11H19NO2. The predicted molar refractivity (Wildman–Crippen MR) is 53.7 cm³/mol. The zero-order valence-electron chi connectivity index (χ0n) is 8.87. The van der Waals surface area contributed by atoms with E-state index in [1.165, 1.54) is 12.8 Å². The van der Waals surface area contributed by atoms with E-state index in [9.17, 15) is 4.79 Å². The number of esters is 1. The number of carbonyl (C=O) groups excluding carboxylic acids is 1. The molecule has 3 aliphatic heterocycles. The van der Waals surface area contributed by atoms with Crippen LogP contribution in [0.3, 0.4) is 0 Å². The van der Waals surface area contributed by atoms with Crippen molar-refractivity contribution in [2.75, 3.05) is 13.1 Å². The molecule has 3 nitrogen and oxygen atoms in total. The van der Waals surface area contributed by atoms with Gasteiger partial charge in [0.25, 0.3) is 0 Å². The molecule has 0 N–H and O–H groups in total. The molecule has 0 amide bonds. The molecular weight excluding hydrogens is 178 g/mol. The summed E-state index contributed by atoms with van der Waals surface area (Å²) >= 11 is 0. The van der Waals surface area contributed by atoms with Gasteiger partial charge in [-0.1, -0.05) is 6.92 Å². The van der Waals surface area contributed by atoms with Crippen LogP contribution in [0.1, 0.15) is 39.0 Å². The highest BCUT2D eigenvalue weighted by Gasteiger charge is 2.35. The Kier molecular flexibility index (Phi) is 3.06. The van der Waals surface area contributed by atoms with Gasteiger partial charge in [0.2, 0.25) is 0 Å². The fraction of sp³-hybridized carbons (Fsp3) is 0.909. The number of carbonyl (C=O) groups is 1. The number of hydrogen-bond acceptors (Lipinski definition) is 3. The summed E-state index contributed by atoms with van der Waals surface area (Å²) in [6, 6.07) is 0. The molecule has 0 aromatic rings. The second kappa shape index (κ2) is 4.30. The summed E-state index contributed by atoms with van der Waals surface area (Å²) in [6.07, 6.45) is 5.20. The lowest BCUT2D eigenvalue weighted by Gasteiger charge is -2.44. The minimum atomic E-state index is -0.0231. The van der Waals surface area contributed by atoms with Crippen molar-refractivity contribution in [2.45, 2.75) is 45.3 Å². The molecule has 3 rings (SSSR count). The molecule has 0 aromatic carbocycles. The molecule has 0 radical (unpaired) electrons. The summed E-state index contributed by atoms with van der Waals surface area (Å²) in [5.74, 6) is 0.782. The number of ether oxygens (including phenoxy) is 1. The Balaban J connectivity index is 1.83. The molecule has 3 fully saturated rings. The van der Waals surface area contributed by atoms with Gasteiger partial charge >= 0.3 is 5.97 Å². The highest BCUT2D eigenvalue weighted by Crippen LogP contribution is 2.32. The van der Waals surface area contributed by atoms with Gasteiger partial charge in [0.05, 0.1) is 0 Å². The van der Waals surface area contributed by atoms with Crippen LogP contribution < -0.4 is 0 Å². The highest BCUT2D eigenvalue weighted by molar-refractivity contribution is 5.69. The Morgan fingerprint density at radius 1 is 1.43 bits per heavy atom. The average molecular weight is 197 g/mol. The van der Waals surface area contributed by atoms with Crippen molar-refractivity contribution >= 4 is 5.97 Å². The van der Waals surface area contributed by atoms with Crippen LogP contribution in [-0.4, -0.2) is 30.2 Å². The molecule has 0 saturated carbocycles. The van der Waals surface area contributed by atoms with Crippen LogP contribution in [0.4, 0.5) is 0 Å². The van der Waals surface area contributed by atoms with Crippen molar-refractivity contribution in [3.8, 4) is 0 Å². The molecule has 0 unspecified atom stereocenters. The molecule has 2 bridgehead atoms. The Hall–Kier alpha value is -0.570. The zero-order valence-corrected chi connectivity index (χ0v) is 8.87. The van der Waals surface area contributed by atoms with Crippen LogP contribution in [0.2, 0.25) is 0 Å². The first-order valence-electron chi connectivity index (χ1n) is 5.73. The average Bonchev–Trinajstić information content (AvgIpc) is 2.19. The molecule has 80 valence electrons. The van der Waals surface area contributed by atoms with Crippen LogP contribution in [-0.2, 0) is 9.53 Å². The Bertz CT molecular complexity index is 209. The van der Waals surface area contributed by atoms with E-state index in [2.05, 4.69) is 4.90 Å². The second-order valence-electron chi connectivity index (χ2n) is 4.41. The van der Waals surface area contributed by atoms with E-state index >= 15 is 0 Å². The van der Waals surface area contributed by atoms with Crippen molar-refractivity contribution in [2.24, 2.45) is 5.92 Å². The molecule has 0 spiro atoms. The highest BCUT2D eigenvalue weighted by atomic mass is 16.6. The maximum Gasteiger partial charge on any atom is 0.307 e. The smallest absolute Gasteiger partial charge is 0.307 e. The number of rotatable bonds is 3. The third-order valence-corrected chi connectivity index (χ3v) is 3.31. The SMILES string of the molecule is CCCC(=O)O[C@@H]1CC2CCN1CC2. The standard InChI is InChI=1S/C11H19NO2/c1-2-3-11(13)14-10-8-9-4-6-12(10)7-5-9/h9-10H,2-8H2,1H3/t10-/m1/s1. The van der Waals surface area contributed by atoms with E-state index < -0.39 is 0 Å². The van der Waals surface area contributed by atoms with Crippen molar-refractivity contribution in [3.63, 3.8) is 0 Å². The van der Waals surface area contributed by atoms with E-state index in [0.717, 1.165) is 31.8 Å². The Morgan fingerprint density at radius 3 is 2.64 bits per heavy atom. The van der Waals surface area contributed by atoms with E-state index in [1.54, 1.807) is 0 Å². The van der Waals surface area contributed by atoms with Gasteiger partial charge in [0.15, 0.2) is 6.23 Å². The molecule has 0 aromatic heterocycles. The van der Waals surface area contributed by atoms with E-state index in [4.69, 9.17) is 4.74 Å². The summed E-state index contributed by atoms with van der Waals surface area (Å²) in [7, 11) is 0. The molecule has 1 atom stereocenters. The van der Waals surface area contributed by atoms with Gasteiger partial charge in [0.1, 0.15) is 0 Å². The Morgan fingerprint density at radius 2 is 2.14 bits per heavy atom. The number of hydrogen-bond donors (Lipinski definition) is 0. The first-order valence-corrected chi connectivity index (χ1v) is 5.73. The van der Waals surface area contributed by atoms with Crippen LogP contribution in [0.5, 0.6) is 0 Å². The van der Waals surface area contributed by atoms with Crippen LogP contribution in [0.25, 0.3) is 0 Å². The van der Waals surface area contributed by atoms with Gasteiger partial charge in [-0.05, 0) is 25.2 Å². The molecule has 0 aliphatic carbocycles. The lowest BCUT2D eigenvalue weighted by Crippen LogP contribution is -2.50. The lowest BCUT2D eigenvalue weighted by molar-refractivity contribution is -0.170. The van der Waals surface area contributed by atoms with Crippen LogP contribution in [0.15, 0.2) is 0 Å². The van der Waals surface area contributed by atoms with E-state index in [-0.39, 0.29) is 12.2 Å². The monoisotopic (exact) mass is 197 g/mol. The van der Waals surface area contributed by atoms with E-state index in [1.807, 2.05) is 6.92 Å². The molecule has 3 saturated heterocycles. The van der Waals surface area contributed by atoms with Crippen LogP contribution in [0, 0.1) is 5.92 Å². The zero-order chi connectivity index (χ0) is 9.97. The van der Waals surface area contributed by atoms with Crippen LogP contribution >= 0.6 is 0 Å². The minimum Gasteiger partial charge on any atom is -0.446 e. The van der Waals surface area contributed by atoms with Crippen molar-refractivity contribution in [3.05, 3.63) is 0 Å². The minimum absolute atomic E-state index is 0.0231. The summed E-state index contributed by atoms with van der Waals surface area (Å²) in [5.41, 5.74) is 0. The maximum atomic E-state index is 11.3. The van der Waals surface area contributed by atoms with Gasteiger partial charge in [-0.25, -0.2) is 0 Å². The fourth-order valence-corrected chi connectivity index (χ4v) is 2.45. The van der Waals surface area contributed by atoms with E-state index in [0.29, 0.717) is 6.42 Å². The van der Waals surface area contributed by atoms with Crippen molar-refractivity contribution in [1.29, 1.82) is 0 Å². The summed E-state index contributed by atoms with van der Waals surface area (Å²) < 4.78 is 5.45. The normalized spacial score (nSPS) is 35.6. The quantitative estimate of drug-likeness (QED) is 0.646. The van der Waals surface area contributed by atoms with Gasteiger partial charge in [-0.15, -0.1) is 0 Å². The Labute approximate surface area is 85.4 Å². The summed E-state index contributed by atoms with van der Waals surface area (Å²) in [4.78, 5) is 13.7. The molecule has 14 heavy (non-hydrogen) atoms. The third kappa shape index (κ3) is 2.08. The van der Waals surface area contributed by atoms with Crippen molar-refractivity contribution < 1.29 is 9.53 Å². The number of nitrogens with zero attached hydrogens (tertiary/aromatic N) is 1. The number of piperidine rings is 3. The van der Waals surface area contributed by atoms with Gasteiger partial charge in [-0.2, -0.15) is 0 Å². The second-order valence-corrected chi connectivity index (χ2v) is 4.41. The fourth-order valence-electron chi connectivity index (χ4n) is 2.45. The first-order chi connectivity index (χ1) is 6.79. The van der Waals surface area contributed by atoms with Gasteiger partial charge < -0.3 is 4.74 Å². The first kappa shape index (κ1) is 9.97. The summed E-state index contributed by atoms with van der Waals surface area (Å²) in [6.45, 7) is 4.25. The van der Waals surface area contributed by atoms with Gasteiger partial charge in [-0.3, -0.25) is 9.69 Å². The van der Waals surface area contributed by atoms with Crippen molar-refractivity contribution in [1.82, 2.24) is 4.90 Å².